The van der Waals surface area contributed by atoms with Crippen molar-refractivity contribution in [1.29, 1.82) is 0 Å². The van der Waals surface area contributed by atoms with Crippen LogP contribution >= 0.6 is 11.6 Å². The van der Waals surface area contributed by atoms with Crippen molar-refractivity contribution in [3.8, 4) is 0 Å². The molecule has 0 aliphatic rings. The zero-order valence-corrected chi connectivity index (χ0v) is 10.2. The summed E-state index contributed by atoms with van der Waals surface area (Å²) in [5, 5.41) is -0.309. The summed E-state index contributed by atoms with van der Waals surface area (Å²) in [5.74, 6) is 0.167. The molecule has 0 bridgehead atoms. The molecule has 0 heterocycles. The van der Waals surface area contributed by atoms with E-state index in [1.165, 1.54) is 7.11 Å². The molecule has 0 rings (SSSR count). The van der Waals surface area contributed by atoms with Crippen molar-refractivity contribution < 1.29 is 13.2 Å². The molecule has 0 aliphatic heterocycles. The fraction of sp³-hybridized carbons (Fsp3) is 1.00. The summed E-state index contributed by atoms with van der Waals surface area (Å²) < 4.78 is 29.8. The average Bonchev–Trinajstić information content (AvgIpc) is 2.13. The van der Waals surface area contributed by atoms with E-state index >= 15 is 0 Å². The predicted octanol–water partition coefficient (Wildman–Crippen LogP) is 0.960. The van der Waals surface area contributed by atoms with E-state index in [9.17, 15) is 8.42 Å². The summed E-state index contributed by atoms with van der Waals surface area (Å²) in [6.07, 6.45) is 1.54. The molecule has 0 amide bonds. The third kappa shape index (κ3) is 7.55. The number of methoxy groups -OCH3 is 1. The first-order valence-corrected chi connectivity index (χ1v) is 6.71. The van der Waals surface area contributed by atoms with Crippen molar-refractivity contribution in [2.24, 2.45) is 0 Å². The molecular formula is C8H18ClNO3S. The van der Waals surface area contributed by atoms with E-state index in [4.69, 9.17) is 16.3 Å². The molecule has 0 aliphatic carbocycles. The molecule has 86 valence electrons. The van der Waals surface area contributed by atoms with Crippen LogP contribution in [0.3, 0.4) is 0 Å². The van der Waals surface area contributed by atoms with Crippen LogP contribution in [0.15, 0.2) is 0 Å². The fourth-order valence-electron chi connectivity index (χ4n) is 0.864. The van der Waals surface area contributed by atoms with Gasteiger partial charge in [0.15, 0.2) is 0 Å². The second kappa shape index (κ2) is 7.45. The summed E-state index contributed by atoms with van der Waals surface area (Å²) in [6.45, 7) is 2.52. The summed E-state index contributed by atoms with van der Waals surface area (Å²) in [7, 11) is -1.62. The molecule has 4 nitrogen and oxygen atoms in total. The first-order chi connectivity index (χ1) is 6.52. The molecule has 1 N–H and O–H groups in total. The highest BCUT2D eigenvalue weighted by Gasteiger charge is 2.11. The van der Waals surface area contributed by atoms with Crippen LogP contribution in [-0.2, 0) is 14.8 Å². The molecule has 0 saturated carbocycles. The zero-order chi connectivity index (χ0) is 11.0. The van der Waals surface area contributed by atoms with E-state index in [0.29, 0.717) is 13.0 Å². The lowest BCUT2D eigenvalue weighted by molar-refractivity contribution is 0.198. The predicted molar refractivity (Wildman–Crippen MR) is 58.2 cm³/mol. The largest absolute Gasteiger partial charge is 0.383 e. The number of hydrogen-bond donors (Lipinski definition) is 1. The van der Waals surface area contributed by atoms with Crippen LogP contribution in [0.2, 0.25) is 0 Å². The molecule has 0 aromatic heterocycles. The summed E-state index contributed by atoms with van der Waals surface area (Å²) in [6, 6.07) is 0. The van der Waals surface area contributed by atoms with Crippen LogP contribution in [0, 0.1) is 0 Å². The Labute approximate surface area is 91.0 Å². The van der Waals surface area contributed by atoms with Gasteiger partial charge in [0.25, 0.3) is 0 Å². The topological polar surface area (TPSA) is 55.4 Å². The van der Waals surface area contributed by atoms with E-state index in [1.807, 2.05) is 6.92 Å². The second-order valence-electron chi connectivity index (χ2n) is 3.07. The summed E-state index contributed by atoms with van der Waals surface area (Å²) in [4.78, 5) is 0. The van der Waals surface area contributed by atoms with E-state index in [0.717, 1.165) is 6.42 Å². The van der Waals surface area contributed by atoms with Crippen molar-refractivity contribution in [3.63, 3.8) is 0 Å². The van der Waals surface area contributed by atoms with Crippen molar-refractivity contribution in [3.05, 3.63) is 0 Å². The lowest BCUT2D eigenvalue weighted by Gasteiger charge is -2.09. The third-order valence-corrected chi connectivity index (χ3v) is 3.35. The van der Waals surface area contributed by atoms with Gasteiger partial charge in [-0.1, -0.05) is 13.3 Å². The van der Waals surface area contributed by atoms with E-state index in [2.05, 4.69) is 4.72 Å². The molecule has 0 spiro atoms. The minimum atomic E-state index is -3.15. The average molecular weight is 244 g/mol. The highest BCUT2D eigenvalue weighted by molar-refractivity contribution is 7.89. The van der Waals surface area contributed by atoms with E-state index in [1.54, 1.807) is 0 Å². The molecule has 0 fully saturated rings. The Kier molecular flexibility index (Phi) is 7.54. The highest BCUT2D eigenvalue weighted by Crippen LogP contribution is 1.97. The number of alkyl halides is 1. The number of sulfonamides is 1. The number of unbranched alkanes of at least 4 members (excludes halogenated alkanes) is 1. The number of ether oxygens (including phenoxy) is 1. The van der Waals surface area contributed by atoms with Crippen molar-refractivity contribution in [1.82, 2.24) is 4.72 Å². The molecule has 0 aromatic carbocycles. The van der Waals surface area contributed by atoms with Gasteiger partial charge in [-0.05, 0) is 6.42 Å². The Balaban J connectivity index is 3.75. The van der Waals surface area contributed by atoms with Crippen LogP contribution in [0.25, 0.3) is 0 Å². The third-order valence-electron chi connectivity index (χ3n) is 1.64. The molecule has 14 heavy (non-hydrogen) atoms. The minimum absolute atomic E-state index is 0.167. The van der Waals surface area contributed by atoms with E-state index in [-0.39, 0.29) is 17.7 Å². The van der Waals surface area contributed by atoms with Crippen LogP contribution in [0.5, 0.6) is 0 Å². The van der Waals surface area contributed by atoms with Gasteiger partial charge in [0.05, 0.1) is 17.7 Å². The lowest BCUT2D eigenvalue weighted by Crippen LogP contribution is -2.33. The van der Waals surface area contributed by atoms with E-state index < -0.39 is 10.0 Å². The molecule has 0 radical (unpaired) electrons. The first-order valence-electron chi connectivity index (χ1n) is 4.62. The lowest BCUT2D eigenvalue weighted by atomic mass is 10.4. The quantitative estimate of drug-likeness (QED) is 0.646. The van der Waals surface area contributed by atoms with Gasteiger partial charge in [-0.2, -0.15) is 0 Å². The van der Waals surface area contributed by atoms with Gasteiger partial charge in [0.2, 0.25) is 10.0 Å². The Hall–Kier alpha value is 0.160. The normalized spacial score (nSPS) is 14.2. The Morgan fingerprint density at radius 1 is 1.50 bits per heavy atom. The second-order valence-corrected chi connectivity index (χ2v) is 5.62. The smallest absolute Gasteiger partial charge is 0.211 e. The SMILES string of the molecule is CCCCS(=O)(=O)NCC(Cl)COC. The van der Waals surface area contributed by atoms with Crippen molar-refractivity contribution >= 4 is 21.6 Å². The minimum Gasteiger partial charge on any atom is -0.383 e. The van der Waals surface area contributed by atoms with Crippen LogP contribution in [0.4, 0.5) is 0 Å². The number of hydrogen-bond acceptors (Lipinski definition) is 3. The number of halogens is 1. The van der Waals surface area contributed by atoms with Crippen LogP contribution in [0.1, 0.15) is 19.8 Å². The number of nitrogens with one attached hydrogen (secondary N) is 1. The van der Waals surface area contributed by atoms with Crippen molar-refractivity contribution in [2.75, 3.05) is 26.0 Å². The maximum absolute atomic E-state index is 11.3. The van der Waals surface area contributed by atoms with Gasteiger partial charge in [0, 0.05) is 13.7 Å². The van der Waals surface area contributed by atoms with Gasteiger partial charge in [-0.25, -0.2) is 13.1 Å². The Bertz CT molecular complexity index is 231. The molecule has 0 saturated heterocycles. The molecule has 1 atom stereocenters. The van der Waals surface area contributed by atoms with Gasteiger partial charge in [0.1, 0.15) is 0 Å². The zero-order valence-electron chi connectivity index (χ0n) is 8.62. The number of rotatable bonds is 8. The van der Waals surface area contributed by atoms with Crippen molar-refractivity contribution in [2.45, 2.75) is 25.1 Å². The standard InChI is InChI=1S/C8H18ClNO3S/c1-3-4-5-14(11,12)10-6-8(9)7-13-2/h8,10H,3-7H2,1-2H3. The van der Waals surface area contributed by atoms with Gasteiger partial charge in [-0.15, -0.1) is 11.6 Å². The van der Waals surface area contributed by atoms with Gasteiger partial charge < -0.3 is 4.74 Å². The summed E-state index contributed by atoms with van der Waals surface area (Å²) >= 11 is 5.77. The monoisotopic (exact) mass is 243 g/mol. The molecule has 6 heteroatoms. The maximum Gasteiger partial charge on any atom is 0.211 e. The molecular weight excluding hydrogens is 226 g/mol. The van der Waals surface area contributed by atoms with Crippen LogP contribution in [-0.4, -0.2) is 39.8 Å². The van der Waals surface area contributed by atoms with Crippen LogP contribution < -0.4 is 4.72 Å². The Morgan fingerprint density at radius 3 is 2.64 bits per heavy atom. The molecule has 1 unspecified atom stereocenters. The maximum atomic E-state index is 11.3. The summed E-state index contributed by atoms with van der Waals surface area (Å²) in [5.41, 5.74) is 0. The van der Waals surface area contributed by atoms with Gasteiger partial charge in [-0.3, -0.25) is 0 Å². The fourth-order valence-corrected chi connectivity index (χ4v) is 2.43. The first kappa shape index (κ1) is 14.2. The molecule has 0 aromatic rings. The highest BCUT2D eigenvalue weighted by atomic mass is 35.5. The van der Waals surface area contributed by atoms with Gasteiger partial charge >= 0.3 is 0 Å². The Morgan fingerprint density at radius 2 is 2.14 bits per heavy atom.